The summed E-state index contributed by atoms with van der Waals surface area (Å²) < 4.78 is 46.4. The van der Waals surface area contributed by atoms with Gasteiger partial charge in [0.25, 0.3) is 5.91 Å². The zero-order valence-corrected chi connectivity index (χ0v) is 16.3. The summed E-state index contributed by atoms with van der Waals surface area (Å²) in [7, 11) is 0. The van der Waals surface area contributed by atoms with Gasteiger partial charge in [-0.15, -0.1) is 0 Å². The molecule has 0 fully saturated rings. The fourth-order valence-electron chi connectivity index (χ4n) is 3.07. The number of aryl methyl sites for hydroxylation is 1. The highest BCUT2D eigenvalue weighted by atomic mass is 19.4. The number of aromatic nitrogens is 2. The largest absolute Gasteiger partial charge is 0.489 e. The Balaban J connectivity index is 1.87. The number of primary amides is 1. The number of aliphatic hydroxyl groups is 1. The molecule has 8 nitrogen and oxygen atoms in total. The van der Waals surface area contributed by atoms with Crippen LogP contribution in [0, 0.1) is 6.92 Å². The number of hydrogen-bond donors (Lipinski definition) is 3. The monoisotopic (exact) mass is 436 g/mol. The number of amides is 2. The van der Waals surface area contributed by atoms with E-state index in [9.17, 15) is 27.9 Å². The van der Waals surface area contributed by atoms with Gasteiger partial charge >= 0.3 is 6.18 Å². The zero-order chi connectivity index (χ0) is 22.8. The highest BCUT2D eigenvalue weighted by molar-refractivity contribution is 6.04. The molecule has 3 heterocycles. The van der Waals surface area contributed by atoms with E-state index in [1.165, 1.54) is 24.3 Å². The highest BCUT2D eigenvalue weighted by Crippen LogP contribution is 2.31. The van der Waals surface area contributed by atoms with Crippen LogP contribution in [0.5, 0.6) is 5.75 Å². The number of rotatable bonds is 7. The average Bonchev–Trinajstić information content (AvgIpc) is 3.04. The van der Waals surface area contributed by atoms with Crippen LogP contribution in [0.3, 0.4) is 0 Å². The number of fused-ring (bicyclic) bond motifs is 1. The van der Waals surface area contributed by atoms with Gasteiger partial charge in [0.2, 0.25) is 5.91 Å². The van der Waals surface area contributed by atoms with E-state index in [1.807, 2.05) is 0 Å². The number of halogens is 3. The van der Waals surface area contributed by atoms with Crippen molar-refractivity contribution in [1.82, 2.24) is 14.7 Å². The van der Waals surface area contributed by atoms with Gasteiger partial charge in [0, 0.05) is 30.2 Å². The molecule has 4 N–H and O–H groups in total. The van der Waals surface area contributed by atoms with Gasteiger partial charge in [-0.05, 0) is 24.6 Å². The van der Waals surface area contributed by atoms with Gasteiger partial charge in [-0.1, -0.05) is 6.07 Å². The van der Waals surface area contributed by atoms with Crippen molar-refractivity contribution in [2.24, 2.45) is 5.73 Å². The van der Waals surface area contributed by atoms with Gasteiger partial charge in [-0.2, -0.15) is 13.2 Å². The van der Waals surface area contributed by atoms with Crippen molar-refractivity contribution in [1.29, 1.82) is 0 Å². The molecule has 0 unspecified atom stereocenters. The third kappa shape index (κ3) is 4.77. The number of hydrogen-bond acceptors (Lipinski definition) is 5. The Hall–Kier alpha value is -3.60. The Morgan fingerprint density at radius 1 is 1.35 bits per heavy atom. The molecule has 3 aromatic heterocycles. The molecule has 0 aliphatic heterocycles. The van der Waals surface area contributed by atoms with E-state index in [-0.39, 0.29) is 23.5 Å². The second kappa shape index (κ2) is 8.64. The third-order valence-corrected chi connectivity index (χ3v) is 4.55. The number of carbonyl (C=O) groups excluding carboxylic acids is 2. The number of ether oxygens (including phenoxy) is 1. The van der Waals surface area contributed by atoms with Crippen molar-refractivity contribution < 1.29 is 32.6 Å². The van der Waals surface area contributed by atoms with Gasteiger partial charge in [0.1, 0.15) is 18.4 Å². The highest BCUT2D eigenvalue weighted by Gasteiger charge is 2.35. The van der Waals surface area contributed by atoms with Crippen LogP contribution in [-0.4, -0.2) is 39.0 Å². The van der Waals surface area contributed by atoms with Crippen LogP contribution in [0.2, 0.25) is 0 Å². The van der Waals surface area contributed by atoms with Gasteiger partial charge in [-0.3, -0.25) is 14.6 Å². The van der Waals surface area contributed by atoms with Crippen molar-refractivity contribution in [2.45, 2.75) is 25.7 Å². The molecule has 0 spiro atoms. The van der Waals surface area contributed by atoms with Gasteiger partial charge in [0.05, 0.1) is 17.7 Å². The summed E-state index contributed by atoms with van der Waals surface area (Å²) in [5.41, 5.74) is 5.15. The van der Waals surface area contributed by atoms with E-state index in [1.54, 1.807) is 23.7 Å². The predicted octanol–water partition coefficient (Wildman–Crippen LogP) is 1.82. The lowest BCUT2D eigenvalue weighted by molar-refractivity contribution is -0.142. The second-order valence-electron chi connectivity index (χ2n) is 6.75. The van der Waals surface area contributed by atoms with Gasteiger partial charge in [0.15, 0.2) is 5.69 Å². The summed E-state index contributed by atoms with van der Waals surface area (Å²) >= 11 is 0. The number of nitrogens with one attached hydrogen (secondary N) is 1. The lowest BCUT2D eigenvalue weighted by Gasteiger charge is -2.14. The van der Waals surface area contributed by atoms with E-state index in [4.69, 9.17) is 10.5 Å². The number of alkyl halides is 3. The van der Waals surface area contributed by atoms with Crippen molar-refractivity contribution in [2.75, 3.05) is 6.61 Å². The Labute approximate surface area is 174 Å². The fraction of sp³-hybridized carbons (Fsp3) is 0.250. The second-order valence-corrected chi connectivity index (χ2v) is 6.75. The minimum Gasteiger partial charge on any atom is -0.489 e. The van der Waals surface area contributed by atoms with E-state index in [2.05, 4.69) is 10.3 Å². The molecule has 0 bridgehead atoms. The molecule has 31 heavy (non-hydrogen) atoms. The minimum atomic E-state index is -4.61. The molecule has 11 heteroatoms. The maximum Gasteiger partial charge on any atom is 0.433 e. The maximum atomic E-state index is 13.1. The summed E-state index contributed by atoms with van der Waals surface area (Å²) in [6.45, 7) is 0.632. The van der Waals surface area contributed by atoms with E-state index >= 15 is 0 Å². The molecule has 0 aliphatic carbocycles. The number of aliphatic hydroxyl groups excluding tert-OH is 1. The number of nitrogens with zero attached hydrogens (tertiary/aromatic N) is 2. The lowest BCUT2D eigenvalue weighted by atomic mass is 10.1. The molecule has 1 atom stereocenters. The molecule has 164 valence electrons. The first-order valence-electron chi connectivity index (χ1n) is 9.08. The normalized spacial score (nSPS) is 12.5. The molecule has 3 rings (SSSR count). The molecule has 0 saturated carbocycles. The molecule has 2 amide bonds. The molecule has 0 aliphatic rings. The Bertz CT molecular complexity index is 1130. The van der Waals surface area contributed by atoms with Crippen LogP contribution in [0.15, 0.2) is 42.9 Å². The van der Waals surface area contributed by atoms with E-state index < -0.39 is 36.3 Å². The number of carbonyl (C=O) groups is 2. The molecule has 3 aromatic rings. The zero-order valence-electron chi connectivity index (χ0n) is 16.3. The standard InChI is InChI=1S/C20H19F3N4O4/c1-11-8-27-6-4-13(31-10-12-3-2-5-25-17(12)20(21,22)23)7-15(27)16(11)19(30)26-14(9-28)18(24)29/h2-8,14,28H,9-10H2,1H3,(H2,24,29)(H,26,30)/t14-/m0/s1. The van der Waals surface area contributed by atoms with Crippen LogP contribution < -0.4 is 15.8 Å². The molecule has 0 saturated heterocycles. The first kappa shape index (κ1) is 22.1. The summed E-state index contributed by atoms with van der Waals surface area (Å²) in [5, 5.41) is 11.6. The smallest absolute Gasteiger partial charge is 0.433 e. The van der Waals surface area contributed by atoms with Crippen molar-refractivity contribution in [3.63, 3.8) is 0 Å². The Morgan fingerprint density at radius 2 is 2.10 bits per heavy atom. The average molecular weight is 436 g/mol. The SMILES string of the molecule is Cc1cn2ccc(OCc3cccnc3C(F)(F)F)cc2c1C(=O)N[C@@H](CO)C(N)=O. The third-order valence-electron chi connectivity index (χ3n) is 4.55. The fourth-order valence-corrected chi connectivity index (χ4v) is 3.07. The summed E-state index contributed by atoms with van der Waals surface area (Å²) in [6, 6.07) is 4.42. The molecular weight excluding hydrogens is 417 g/mol. The van der Waals surface area contributed by atoms with Gasteiger partial charge < -0.3 is 25.3 Å². The molecular formula is C20H19F3N4O4. The van der Waals surface area contributed by atoms with Crippen LogP contribution in [0.1, 0.15) is 27.2 Å². The first-order valence-corrected chi connectivity index (χ1v) is 9.08. The van der Waals surface area contributed by atoms with Crippen molar-refractivity contribution >= 4 is 17.3 Å². The summed E-state index contributed by atoms with van der Waals surface area (Å²) in [6.07, 6.45) is -0.315. The molecule has 0 radical (unpaired) electrons. The van der Waals surface area contributed by atoms with Crippen LogP contribution >= 0.6 is 0 Å². The van der Waals surface area contributed by atoms with Crippen LogP contribution in [0.4, 0.5) is 13.2 Å². The van der Waals surface area contributed by atoms with Crippen molar-refractivity contribution in [3.8, 4) is 5.75 Å². The topological polar surface area (TPSA) is 119 Å². The number of pyridine rings is 2. The summed E-state index contributed by atoms with van der Waals surface area (Å²) in [5.74, 6) is -1.30. The first-order chi connectivity index (χ1) is 14.6. The quantitative estimate of drug-likeness (QED) is 0.522. The van der Waals surface area contributed by atoms with E-state index in [0.29, 0.717) is 11.1 Å². The van der Waals surface area contributed by atoms with Gasteiger partial charge in [-0.25, -0.2) is 0 Å². The Kier molecular flexibility index (Phi) is 6.16. The van der Waals surface area contributed by atoms with Crippen molar-refractivity contribution in [3.05, 3.63) is 65.2 Å². The number of nitrogens with two attached hydrogens (primary N) is 1. The summed E-state index contributed by atoms with van der Waals surface area (Å²) in [4.78, 5) is 27.3. The lowest BCUT2D eigenvalue weighted by Crippen LogP contribution is -2.46. The Morgan fingerprint density at radius 3 is 2.74 bits per heavy atom. The van der Waals surface area contributed by atoms with Crippen LogP contribution in [0.25, 0.3) is 5.52 Å². The molecule has 0 aromatic carbocycles. The predicted molar refractivity (Wildman–Crippen MR) is 103 cm³/mol. The maximum absolute atomic E-state index is 13.1. The van der Waals surface area contributed by atoms with E-state index in [0.717, 1.165) is 6.20 Å². The van der Waals surface area contributed by atoms with Crippen LogP contribution in [-0.2, 0) is 17.6 Å². The minimum absolute atomic E-state index is 0.133.